The van der Waals surface area contributed by atoms with Gasteiger partial charge in [0.15, 0.2) is 5.13 Å². The Hall–Kier alpha value is -0.610. The fourth-order valence-electron chi connectivity index (χ4n) is 2.38. The third-order valence-electron chi connectivity index (χ3n) is 3.28. The molecule has 0 spiro atoms. The molecule has 1 aliphatic carbocycles. The number of hydrogen-bond acceptors (Lipinski definition) is 4. The van der Waals surface area contributed by atoms with E-state index < -0.39 is 0 Å². The van der Waals surface area contributed by atoms with E-state index in [0.29, 0.717) is 12.5 Å². The van der Waals surface area contributed by atoms with Gasteiger partial charge >= 0.3 is 0 Å². The molecule has 0 saturated heterocycles. The second kappa shape index (κ2) is 5.15. The number of thiazole rings is 1. The van der Waals surface area contributed by atoms with Gasteiger partial charge in [0.25, 0.3) is 0 Å². The van der Waals surface area contributed by atoms with Gasteiger partial charge in [-0.3, -0.25) is 0 Å². The SMILES string of the molecule is CN(C)c1nc(C2CCCCC2)c(CN)s1. The van der Waals surface area contributed by atoms with Crippen molar-refractivity contribution >= 4 is 16.5 Å². The maximum atomic E-state index is 5.82. The molecule has 2 rings (SSSR count). The molecule has 16 heavy (non-hydrogen) atoms. The Kier molecular flexibility index (Phi) is 3.82. The summed E-state index contributed by atoms with van der Waals surface area (Å²) in [5.74, 6) is 0.664. The van der Waals surface area contributed by atoms with Gasteiger partial charge in [-0.1, -0.05) is 19.3 Å². The lowest BCUT2D eigenvalue weighted by Gasteiger charge is -2.20. The highest BCUT2D eigenvalue weighted by atomic mass is 32.1. The second-order valence-corrected chi connectivity index (χ2v) is 5.80. The second-order valence-electron chi connectivity index (χ2n) is 4.74. The van der Waals surface area contributed by atoms with Crippen LogP contribution in [0, 0.1) is 0 Å². The zero-order valence-corrected chi connectivity index (χ0v) is 11.0. The van der Waals surface area contributed by atoms with E-state index in [2.05, 4.69) is 4.90 Å². The van der Waals surface area contributed by atoms with Crippen LogP contribution in [0.1, 0.15) is 48.6 Å². The van der Waals surface area contributed by atoms with E-state index in [-0.39, 0.29) is 0 Å². The highest BCUT2D eigenvalue weighted by molar-refractivity contribution is 7.15. The van der Waals surface area contributed by atoms with E-state index in [9.17, 15) is 0 Å². The van der Waals surface area contributed by atoms with Crippen LogP contribution in [0.5, 0.6) is 0 Å². The van der Waals surface area contributed by atoms with E-state index in [4.69, 9.17) is 10.7 Å². The summed E-state index contributed by atoms with van der Waals surface area (Å²) in [5.41, 5.74) is 7.11. The van der Waals surface area contributed by atoms with Crippen LogP contribution in [0.4, 0.5) is 5.13 Å². The highest BCUT2D eigenvalue weighted by Crippen LogP contribution is 2.37. The third kappa shape index (κ3) is 2.38. The van der Waals surface area contributed by atoms with E-state index >= 15 is 0 Å². The molecule has 1 aromatic heterocycles. The molecule has 0 aromatic carbocycles. The Balaban J connectivity index is 2.23. The zero-order valence-electron chi connectivity index (χ0n) is 10.2. The molecule has 1 aliphatic rings. The average molecular weight is 239 g/mol. The maximum Gasteiger partial charge on any atom is 0.185 e. The molecule has 1 fully saturated rings. The van der Waals surface area contributed by atoms with Crippen molar-refractivity contribution < 1.29 is 0 Å². The van der Waals surface area contributed by atoms with Gasteiger partial charge in [0, 0.05) is 31.4 Å². The number of aromatic nitrogens is 1. The first-order chi connectivity index (χ1) is 7.72. The highest BCUT2D eigenvalue weighted by Gasteiger charge is 2.22. The van der Waals surface area contributed by atoms with Crippen molar-refractivity contribution in [2.45, 2.75) is 44.6 Å². The van der Waals surface area contributed by atoms with Crippen LogP contribution in [0.2, 0.25) is 0 Å². The third-order valence-corrected chi connectivity index (χ3v) is 4.54. The van der Waals surface area contributed by atoms with Crippen molar-refractivity contribution in [3.63, 3.8) is 0 Å². The number of rotatable bonds is 3. The van der Waals surface area contributed by atoms with Gasteiger partial charge in [-0.15, -0.1) is 11.3 Å². The molecule has 90 valence electrons. The Bertz CT molecular complexity index is 340. The summed E-state index contributed by atoms with van der Waals surface area (Å²) in [4.78, 5) is 8.14. The lowest BCUT2D eigenvalue weighted by Crippen LogP contribution is -2.10. The van der Waals surface area contributed by atoms with Crippen molar-refractivity contribution in [3.8, 4) is 0 Å². The number of nitrogens with two attached hydrogens (primary N) is 1. The lowest BCUT2D eigenvalue weighted by molar-refractivity contribution is 0.436. The topological polar surface area (TPSA) is 42.2 Å². The van der Waals surface area contributed by atoms with Crippen LogP contribution >= 0.6 is 11.3 Å². The lowest BCUT2D eigenvalue weighted by atomic mass is 9.86. The molecule has 3 nitrogen and oxygen atoms in total. The van der Waals surface area contributed by atoms with Crippen LogP contribution in [-0.2, 0) is 6.54 Å². The van der Waals surface area contributed by atoms with Crippen molar-refractivity contribution in [2.24, 2.45) is 5.73 Å². The Labute approximate surface area is 102 Å². The Morgan fingerprint density at radius 1 is 1.31 bits per heavy atom. The summed E-state index contributed by atoms with van der Waals surface area (Å²) < 4.78 is 0. The van der Waals surface area contributed by atoms with Gasteiger partial charge in [0.05, 0.1) is 5.69 Å². The number of anilines is 1. The van der Waals surface area contributed by atoms with Gasteiger partial charge in [-0.2, -0.15) is 0 Å². The van der Waals surface area contributed by atoms with Gasteiger partial charge in [-0.25, -0.2) is 4.98 Å². The summed E-state index contributed by atoms with van der Waals surface area (Å²) >= 11 is 1.75. The molecule has 0 atom stereocenters. The van der Waals surface area contributed by atoms with Crippen molar-refractivity contribution in [2.75, 3.05) is 19.0 Å². The summed E-state index contributed by atoms with van der Waals surface area (Å²) in [6.45, 7) is 0.636. The molecular weight excluding hydrogens is 218 g/mol. The molecule has 0 unspecified atom stereocenters. The fourth-order valence-corrected chi connectivity index (χ4v) is 3.33. The van der Waals surface area contributed by atoms with E-state index in [0.717, 1.165) is 5.13 Å². The molecule has 0 aliphatic heterocycles. The average Bonchev–Trinajstić information content (AvgIpc) is 2.74. The van der Waals surface area contributed by atoms with Crippen LogP contribution in [0.25, 0.3) is 0 Å². The minimum Gasteiger partial charge on any atom is -0.354 e. The molecule has 0 amide bonds. The standard InChI is InChI=1S/C12H21N3S/c1-15(2)12-14-11(10(8-13)16-12)9-6-4-3-5-7-9/h9H,3-8,13H2,1-2H3. The van der Waals surface area contributed by atoms with E-state index in [1.165, 1.54) is 42.7 Å². The zero-order chi connectivity index (χ0) is 11.5. The normalized spacial score (nSPS) is 17.7. The minimum atomic E-state index is 0.636. The molecule has 1 aromatic rings. The largest absolute Gasteiger partial charge is 0.354 e. The van der Waals surface area contributed by atoms with Gasteiger partial charge in [0.1, 0.15) is 0 Å². The summed E-state index contributed by atoms with van der Waals surface area (Å²) in [5, 5.41) is 1.10. The maximum absolute atomic E-state index is 5.82. The van der Waals surface area contributed by atoms with E-state index in [1.807, 2.05) is 14.1 Å². The number of nitrogens with zero attached hydrogens (tertiary/aromatic N) is 2. The fraction of sp³-hybridized carbons (Fsp3) is 0.750. The van der Waals surface area contributed by atoms with Crippen molar-refractivity contribution in [1.82, 2.24) is 4.98 Å². The van der Waals surface area contributed by atoms with Crippen LogP contribution in [-0.4, -0.2) is 19.1 Å². The van der Waals surface area contributed by atoms with E-state index in [1.54, 1.807) is 11.3 Å². The molecule has 2 N–H and O–H groups in total. The van der Waals surface area contributed by atoms with Gasteiger partial charge in [0.2, 0.25) is 0 Å². The summed E-state index contributed by atoms with van der Waals surface area (Å²) in [7, 11) is 4.09. The summed E-state index contributed by atoms with van der Waals surface area (Å²) in [6.07, 6.45) is 6.68. The van der Waals surface area contributed by atoms with Crippen LogP contribution < -0.4 is 10.6 Å². The van der Waals surface area contributed by atoms with Crippen molar-refractivity contribution in [3.05, 3.63) is 10.6 Å². The predicted octanol–water partition coefficient (Wildman–Crippen LogP) is 2.72. The van der Waals surface area contributed by atoms with Gasteiger partial charge in [-0.05, 0) is 12.8 Å². The van der Waals surface area contributed by atoms with Crippen molar-refractivity contribution in [1.29, 1.82) is 0 Å². The Morgan fingerprint density at radius 3 is 2.56 bits per heavy atom. The van der Waals surface area contributed by atoms with Crippen LogP contribution in [0.15, 0.2) is 0 Å². The first kappa shape index (κ1) is 11.9. The Morgan fingerprint density at radius 2 is 2.00 bits per heavy atom. The molecule has 1 saturated carbocycles. The smallest absolute Gasteiger partial charge is 0.185 e. The molecule has 1 heterocycles. The quantitative estimate of drug-likeness (QED) is 0.882. The minimum absolute atomic E-state index is 0.636. The first-order valence-electron chi connectivity index (χ1n) is 6.09. The molecular formula is C12H21N3S. The monoisotopic (exact) mass is 239 g/mol. The number of hydrogen-bond donors (Lipinski definition) is 1. The van der Waals surface area contributed by atoms with Crippen LogP contribution in [0.3, 0.4) is 0 Å². The first-order valence-corrected chi connectivity index (χ1v) is 6.91. The predicted molar refractivity (Wildman–Crippen MR) is 70.2 cm³/mol. The molecule has 0 radical (unpaired) electrons. The van der Waals surface area contributed by atoms with Gasteiger partial charge < -0.3 is 10.6 Å². The molecule has 0 bridgehead atoms. The summed E-state index contributed by atoms with van der Waals surface area (Å²) in [6, 6.07) is 0. The molecule has 4 heteroatoms.